The second kappa shape index (κ2) is 57.0. The van der Waals surface area contributed by atoms with Crippen LogP contribution < -0.4 is 0 Å². The molecule has 0 aliphatic heterocycles. The van der Waals surface area contributed by atoms with Gasteiger partial charge in [-0.25, -0.2) is 0 Å². The standard InChI is InChI=1S/C62H112O6/c1-4-7-10-13-16-19-22-25-28-30-31-33-34-37-40-43-46-49-52-55-61(64)67-58-59(57-66-60(63)54-51-48-45-42-39-36-27-24-21-18-15-12-9-6-3)68-62(65)56-53-50-47-44-41-38-35-32-29-26-23-20-17-14-11-8-5-2/h17,20,24,26-27,29,35,38,59H,4-16,18-19,21-23,25,28,30-34,36-37,39-58H2,1-3H3/b20-17+,27-24+,29-26+,38-35+/t59-/m1/s1. The fourth-order valence-corrected chi connectivity index (χ4v) is 8.56. The Labute approximate surface area is 422 Å². The van der Waals surface area contributed by atoms with Gasteiger partial charge >= 0.3 is 17.9 Å². The molecule has 0 aromatic carbocycles. The molecule has 0 unspecified atom stereocenters. The molecule has 0 N–H and O–H groups in total. The highest BCUT2D eigenvalue weighted by Crippen LogP contribution is 2.16. The van der Waals surface area contributed by atoms with Gasteiger partial charge < -0.3 is 14.2 Å². The molecule has 0 aliphatic carbocycles. The van der Waals surface area contributed by atoms with E-state index >= 15 is 0 Å². The first kappa shape index (κ1) is 65.4. The molecule has 1 atom stereocenters. The highest BCUT2D eigenvalue weighted by atomic mass is 16.6. The lowest BCUT2D eigenvalue weighted by Gasteiger charge is -2.18. The van der Waals surface area contributed by atoms with Crippen LogP contribution in [0.3, 0.4) is 0 Å². The first-order valence-electron chi connectivity index (χ1n) is 29.6. The van der Waals surface area contributed by atoms with Gasteiger partial charge in [0, 0.05) is 19.3 Å². The molecule has 0 rings (SSSR count). The predicted molar refractivity (Wildman–Crippen MR) is 293 cm³/mol. The molecule has 0 bridgehead atoms. The molecule has 0 heterocycles. The molecular weight excluding hydrogens is 841 g/mol. The summed E-state index contributed by atoms with van der Waals surface area (Å²) >= 11 is 0. The summed E-state index contributed by atoms with van der Waals surface area (Å²) in [6.45, 7) is 6.62. The number of esters is 3. The van der Waals surface area contributed by atoms with Gasteiger partial charge in [-0.15, -0.1) is 0 Å². The highest BCUT2D eigenvalue weighted by molar-refractivity contribution is 5.71. The highest BCUT2D eigenvalue weighted by Gasteiger charge is 2.19. The Bertz CT molecular complexity index is 1190. The van der Waals surface area contributed by atoms with Crippen LogP contribution in [0, 0.1) is 0 Å². The van der Waals surface area contributed by atoms with Crippen molar-refractivity contribution < 1.29 is 28.6 Å². The summed E-state index contributed by atoms with van der Waals surface area (Å²) < 4.78 is 16.9. The van der Waals surface area contributed by atoms with Gasteiger partial charge in [-0.3, -0.25) is 14.4 Å². The van der Waals surface area contributed by atoms with Crippen LogP contribution >= 0.6 is 0 Å². The lowest BCUT2D eigenvalue weighted by Crippen LogP contribution is -2.30. The summed E-state index contributed by atoms with van der Waals surface area (Å²) in [6, 6.07) is 0. The molecule has 0 aliphatic rings. The van der Waals surface area contributed by atoms with Gasteiger partial charge in [0.15, 0.2) is 6.10 Å². The van der Waals surface area contributed by atoms with Crippen LogP contribution in [-0.2, 0) is 28.6 Å². The number of unbranched alkanes of at least 4 members (excludes halogenated alkanes) is 35. The van der Waals surface area contributed by atoms with Crippen molar-refractivity contribution in [1.82, 2.24) is 0 Å². The fraction of sp³-hybridized carbons (Fsp3) is 0.823. The largest absolute Gasteiger partial charge is 0.462 e. The molecular formula is C62H112O6. The van der Waals surface area contributed by atoms with Crippen molar-refractivity contribution >= 4 is 17.9 Å². The molecule has 0 aromatic heterocycles. The van der Waals surface area contributed by atoms with E-state index in [1.54, 1.807) is 0 Å². The zero-order valence-corrected chi connectivity index (χ0v) is 45.4. The van der Waals surface area contributed by atoms with Crippen LogP contribution in [-0.4, -0.2) is 37.2 Å². The number of carbonyl (C=O) groups is 3. The lowest BCUT2D eigenvalue weighted by molar-refractivity contribution is -0.167. The molecule has 0 saturated heterocycles. The zero-order valence-electron chi connectivity index (χ0n) is 45.4. The topological polar surface area (TPSA) is 78.9 Å². The molecule has 6 heteroatoms. The van der Waals surface area contributed by atoms with E-state index in [4.69, 9.17) is 14.2 Å². The SMILES string of the molecule is CCCCC/C=C/C/C=C/C/C=C/CCCCCCC(=O)O[C@H](COC(=O)CCCCCCC/C=C/CCCCCCC)COC(=O)CCCCCCCCCCCCCCCCCCCCC. The van der Waals surface area contributed by atoms with Crippen LogP contribution in [0.5, 0.6) is 0 Å². The van der Waals surface area contributed by atoms with Crippen LogP contribution in [0.25, 0.3) is 0 Å². The van der Waals surface area contributed by atoms with E-state index < -0.39 is 6.10 Å². The molecule has 0 radical (unpaired) electrons. The lowest BCUT2D eigenvalue weighted by atomic mass is 10.0. The summed E-state index contributed by atoms with van der Waals surface area (Å²) in [5.74, 6) is -0.897. The van der Waals surface area contributed by atoms with Crippen molar-refractivity contribution in [3.8, 4) is 0 Å². The smallest absolute Gasteiger partial charge is 0.306 e. The minimum atomic E-state index is -0.786. The summed E-state index contributed by atoms with van der Waals surface area (Å²) in [5, 5.41) is 0. The third-order valence-electron chi connectivity index (χ3n) is 13.1. The summed E-state index contributed by atoms with van der Waals surface area (Å²) in [6.07, 6.45) is 69.6. The molecule has 0 saturated carbocycles. The molecule has 0 fully saturated rings. The Hall–Kier alpha value is -2.63. The maximum atomic E-state index is 12.9. The second-order valence-electron chi connectivity index (χ2n) is 19.9. The number of rotatable bonds is 54. The number of allylic oxidation sites excluding steroid dienone is 8. The summed E-state index contributed by atoms with van der Waals surface area (Å²) in [4.78, 5) is 38.2. The second-order valence-corrected chi connectivity index (χ2v) is 19.9. The Balaban J connectivity index is 4.37. The summed E-state index contributed by atoms with van der Waals surface area (Å²) in [7, 11) is 0. The van der Waals surface area contributed by atoms with Gasteiger partial charge in [0.2, 0.25) is 0 Å². The fourth-order valence-electron chi connectivity index (χ4n) is 8.56. The molecule has 0 amide bonds. The number of carbonyl (C=O) groups excluding carboxylic acids is 3. The summed E-state index contributed by atoms with van der Waals surface area (Å²) in [5.41, 5.74) is 0. The number of hydrogen-bond donors (Lipinski definition) is 0. The monoisotopic (exact) mass is 953 g/mol. The maximum absolute atomic E-state index is 12.9. The van der Waals surface area contributed by atoms with Crippen LogP contribution in [0.2, 0.25) is 0 Å². The van der Waals surface area contributed by atoms with Gasteiger partial charge in [-0.2, -0.15) is 0 Å². The molecule has 68 heavy (non-hydrogen) atoms. The quantitative estimate of drug-likeness (QED) is 0.0262. The van der Waals surface area contributed by atoms with E-state index in [1.807, 2.05) is 0 Å². The predicted octanol–water partition coefficient (Wildman–Crippen LogP) is 19.8. The van der Waals surface area contributed by atoms with Crippen molar-refractivity contribution in [3.63, 3.8) is 0 Å². The van der Waals surface area contributed by atoms with Gasteiger partial charge in [-0.05, 0) is 83.5 Å². The molecule has 396 valence electrons. The molecule has 6 nitrogen and oxygen atoms in total. The van der Waals surface area contributed by atoms with Crippen LogP contribution in [0.1, 0.15) is 310 Å². The minimum Gasteiger partial charge on any atom is -0.462 e. The first-order chi connectivity index (χ1) is 33.5. The average molecular weight is 954 g/mol. The third kappa shape index (κ3) is 54.3. The van der Waals surface area contributed by atoms with E-state index in [0.29, 0.717) is 19.3 Å². The first-order valence-corrected chi connectivity index (χ1v) is 29.6. The number of hydrogen-bond acceptors (Lipinski definition) is 6. The van der Waals surface area contributed by atoms with E-state index in [1.165, 1.54) is 180 Å². The van der Waals surface area contributed by atoms with Crippen molar-refractivity contribution in [2.45, 2.75) is 316 Å². The van der Waals surface area contributed by atoms with Crippen LogP contribution in [0.15, 0.2) is 48.6 Å². The van der Waals surface area contributed by atoms with Crippen LogP contribution in [0.4, 0.5) is 0 Å². The average Bonchev–Trinajstić information content (AvgIpc) is 3.34. The van der Waals surface area contributed by atoms with Crippen molar-refractivity contribution in [2.24, 2.45) is 0 Å². The van der Waals surface area contributed by atoms with Gasteiger partial charge in [0.1, 0.15) is 13.2 Å². The number of ether oxygens (including phenoxy) is 3. The minimum absolute atomic E-state index is 0.0818. The normalized spacial score (nSPS) is 12.3. The zero-order chi connectivity index (χ0) is 49.3. The Kier molecular flexibility index (Phi) is 54.8. The van der Waals surface area contributed by atoms with E-state index in [2.05, 4.69) is 69.4 Å². The Morgan fingerprint density at radius 3 is 0.868 bits per heavy atom. The molecule has 0 aromatic rings. The van der Waals surface area contributed by atoms with Gasteiger partial charge in [0.25, 0.3) is 0 Å². The van der Waals surface area contributed by atoms with Crippen molar-refractivity contribution in [2.75, 3.05) is 13.2 Å². The third-order valence-corrected chi connectivity index (χ3v) is 13.1. The molecule has 0 spiro atoms. The Morgan fingerprint density at radius 1 is 0.294 bits per heavy atom. The van der Waals surface area contributed by atoms with Crippen molar-refractivity contribution in [3.05, 3.63) is 48.6 Å². The Morgan fingerprint density at radius 2 is 0.529 bits per heavy atom. The van der Waals surface area contributed by atoms with Crippen molar-refractivity contribution in [1.29, 1.82) is 0 Å². The van der Waals surface area contributed by atoms with Gasteiger partial charge in [0.05, 0.1) is 0 Å². The van der Waals surface area contributed by atoms with E-state index in [9.17, 15) is 14.4 Å². The van der Waals surface area contributed by atoms with E-state index in [0.717, 1.165) is 89.9 Å². The van der Waals surface area contributed by atoms with E-state index in [-0.39, 0.29) is 31.1 Å². The van der Waals surface area contributed by atoms with Gasteiger partial charge in [-0.1, -0.05) is 256 Å². The maximum Gasteiger partial charge on any atom is 0.306 e.